The van der Waals surface area contributed by atoms with E-state index in [9.17, 15) is 18.4 Å². The Kier molecular flexibility index (Phi) is 7.48. The van der Waals surface area contributed by atoms with Crippen molar-refractivity contribution in [2.45, 2.75) is 19.5 Å². The average Bonchev–Trinajstić information content (AvgIpc) is 2.73. The van der Waals surface area contributed by atoms with E-state index in [1.165, 1.54) is 24.3 Å². The molecule has 0 spiro atoms. The second-order valence-corrected chi connectivity index (χ2v) is 7.39. The van der Waals surface area contributed by atoms with Gasteiger partial charge in [-0.3, -0.25) is 19.4 Å². The highest BCUT2D eigenvalue weighted by atomic mass is 19.1. The smallest absolute Gasteiger partial charge is 0.238 e. The van der Waals surface area contributed by atoms with E-state index in [0.717, 1.165) is 5.56 Å². The first-order valence-corrected chi connectivity index (χ1v) is 9.94. The van der Waals surface area contributed by atoms with Crippen LogP contribution < -0.4 is 10.6 Å². The fraction of sp³-hybridized carbons (Fsp3) is 0.364. The molecule has 2 aromatic rings. The first-order chi connectivity index (χ1) is 14.4. The molecule has 1 aliphatic rings. The van der Waals surface area contributed by atoms with Crippen LogP contribution in [0.4, 0.5) is 14.5 Å². The fourth-order valence-electron chi connectivity index (χ4n) is 3.38. The van der Waals surface area contributed by atoms with Crippen molar-refractivity contribution in [2.24, 2.45) is 0 Å². The van der Waals surface area contributed by atoms with Crippen LogP contribution >= 0.6 is 0 Å². The minimum Gasteiger partial charge on any atom is -0.351 e. The summed E-state index contributed by atoms with van der Waals surface area (Å²) < 4.78 is 26.2. The van der Waals surface area contributed by atoms with Gasteiger partial charge in [0.2, 0.25) is 11.8 Å². The highest BCUT2D eigenvalue weighted by Crippen LogP contribution is 2.11. The number of hydrogen-bond acceptors (Lipinski definition) is 4. The molecule has 2 N–H and O–H groups in total. The van der Waals surface area contributed by atoms with Crippen LogP contribution in [0.25, 0.3) is 0 Å². The normalized spacial score (nSPS) is 16.1. The predicted octanol–water partition coefficient (Wildman–Crippen LogP) is 2.23. The van der Waals surface area contributed by atoms with Crippen LogP contribution in [0.1, 0.15) is 12.5 Å². The van der Waals surface area contributed by atoms with Gasteiger partial charge >= 0.3 is 0 Å². The van der Waals surface area contributed by atoms with Crippen LogP contribution in [0.2, 0.25) is 0 Å². The third kappa shape index (κ3) is 6.33. The number of rotatable bonds is 7. The lowest BCUT2D eigenvalue weighted by Crippen LogP contribution is -2.54. The number of benzene rings is 2. The van der Waals surface area contributed by atoms with E-state index in [0.29, 0.717) is 38.4 Å². The SMILES string of the molecule is CC(C(=O)NCc1ccc(F)cc1)N1CCN(CC(=O)Nc2cccc(F)c2)CC1. The van der Waals surface area contributed by atoms with Gasteiger partial charge in [0.25, 0.3) is 0 Å². The van der Waals surface area contributed by atoms with Crippen molar-refractivity contribution in [1.82, 2.24) is 15.1 Å². The van der Waals surface area contributed by atoms with Crippen LogP contribution in [0, 0.1) is 11.6 Å². The maximum atomic E-state index is 13.2. The van der Waals surface area contributed by atoms with Gasteiger partial charge in [0.05, 0.1) is 12.6 Å². The quantitative estimate of drug-likeness (QED) is 0.727. The van der Waals surface area contributed by atoms with E-state index in [-0.39, 0.29) is 30.2 Å². The largest absolute Gasteiger partial charge is 0.351 e. The van der Waals surface area contributed by atoms with Gasteiger partial charge in [-0.15, -0.1) is 0 Å². The number of carbonyl (C=O) groups is 2. The highest BCUT2D eigenvalue weighted by Gasteiger charge is 2.26. The molecule has 2 aromatic carbocycles. The Morgan fingerprint density at radius 3 is 2.37 bits per heavy atom. The number of piperazine rings is 1. The molecule has 0 saturated carbocycles. The first kappa shape index (κ1) is 21.9. The van der Waals surface area contributed by atoms with Gasteiger partial charge in [-0.1, -0.05) is 18.2 Å². The van der Waals surface area contributed by atoms with Crippen molar-refractivity contribution < 1.29 is 18.4 Å². The van der Waals surface area contributed by atoms with Gasteiger partial charge in [0, 0.05) is 38.4 Å². The summed E-state index contributed by atoms with van der Waals surface area (Å²) >= 11 is 0. The van der Waals surface area contributed by atoms with Crippen molar-refractivity contribution in [2.75, 3.05) is 38.0 Å². The lowest BCUT2D eigenvalue weighted by atomic mass is 10.2. The van der Waals surface area contributed by atoms with E-state index in [4.69, 9.17) is 0 Å². The summed E-state index contributed by atoms with van der Waals surface area (Å²) in [5.41, 5.74) is 1.27. The molecule has 1 fully saturated rings. The van der Waals surface area contributed by atoms with Crippen LogP contribution in [0.15, 0.2) is 48.5 Å². The molecule has 0 aromatic heterocycles. The zero-order chi connectivity index (χ0) is 21.5. The highest BCUT2D eigenvalue weighted by molar-refractivity contribution is 5.92. The van der Waals surface area contributed by atoms with Crippen molar-refractivity contribution >= 4 is 17.5 Å². The number of nitrogens with one attached hydrogen (secondary N) is 2. The number of halogens is 2. The topological polar surface area (TPSA) is 64.7 Å². The molecule has 1 heterocycles. The van der Waals surface area contributed by atoms with E-state index >= 15 is 0 Å². The molecule has 1 atom stereocenters. The number of carbonyl (C=O) groups excluding carboxylic acids is 2. The Bertz CT molecular complexity index is 868. The molecular formula is C22H26F2N4O2. The second-order valence-electron chi connectivity index (χ2n) is 7.39. The summed E-state index contributed by atoms with van der Waals surface area (Å²) in [6.45, 7) is 5.07. The summed E-state index contributed by atoms with van der Waals surface area (Å²) in [7, 11) is 0. The zero-order valence-electron chi connectivity index (χ0n) is 16.9. The Labute approximate surface area is 174 Å². The molecule has 2 amide bonds. The van der Waals surface area contributed by atoms with Crippen molar-refractivity contribution in [3.05, 3.63) is 65.7 Å². The standard InChI is InChI=1S/C22H26F2N4O2/c1-16(22(30)25-14-17-5-7-18(23)8-6-17)28-11-9-27(10-12-28)15-21(29)26-20-4-2-3-19(24)13-20/h2-8,13,16H,9-12,14-15H2,1H3,(H,25,30)(H,26,29). The average molecular weight is 416 g/mol. The monoisotopic (exact) mass is 416 g/mol. The van der Waals surface area contributed by atoms with Crippen molar-refractivity contribution in [3.8, 4) is 0 Å². The third-order valence-corrected chi connectivity index (χ3v) is 5.19. The summed E-state index contributed by atoms with van der Waals surface area (Å²) in [5.74, 6) is -0.982. The molecule has 0 aliphatic carbocycles. The molecular weight excluding hydrogens is 390 g/mol. The van der Waals surface area contributed by atoms with Crippen LogP contribution in [0.3, 0.4) is 0 Å². The summed E-state index contributed by atoms with van der Waals surface area (Å²) in [6, 6.07) is 11.5. The molecule has 30 heavy (non-hydrogen) atoms. The minimum absolute atomic E-state index is 0.0865. The predicted molar refractivity (Wildman–Crippen MR) is 111 cm³/mol. The second kappa shape index (κ2) is 10.3. The number of amides is 2. The zero-order valence-corrected chi connectivity index (χ0v) is 16.9. The lowest BCUT2D eigenvalue weighted by molar-refractivity contribution is -0.127. The molecule has 1 aliphatic heterocycles. The van der Waals surface area contributed by atoms with Crippen molar-refractivity contribution in [1.29, 1.82) is 0 Å². The first-order valence-electron chi connectivity index (χ1n) is 9.94. The number of anilines is 1. The maximum Gasteiger partial charge on any atom is 0.238 e. The van der Waals surface area contributed by atoms with E-state index in [1.807, 2.05) is 11.8 Å². The molecule has 160 valence electrons. The Balaban J connectivity index is 1.40. The molecule has 1 unspecified atom stereocenters. The Morgan fingerprint density at radius 1 is 1.00 bits per heavy atom. The van der Waals surface area contributed by atoms with Gasteiger partial charge in [0.1, 0.15) is 11.6 Å². The molecule has 8 heteroatoms. The van der Waals surface area contributed by atoms with Gasteiger partial charge in [-0.05, 0) is 42.8 Å². The summed E-state index contributed by atoms with van der Waals surface area (Å²) in [4.78, 5) is 28.7. The molecule has 1 saturated heterocycles. The Hall–Kier alpha value is -2.84. The Morgan fingerprint density at radius 2 is 1.70 bits per heavy atom. The number of nitrogens with zero attached hydrogens (tertiary/aromatic N) is 2. The van der Waals surface area contributed by atoms with E-state index in [2.05, 4.69) is 15.5 Å². The summed E-state index contributed by atoms with van der Waals surface area (Å²) in [5, 5.41) is 5.58. The van der Waals surface area contributed by atoms with Gasteiger partial charge in [-0.2, -0.15) is 0 Å². The third-order valence-electron chi connectivity index (χ3n) is 5.19. The minimum atomic E-state index is -0.395. The van der Waals surface area contributed by atoms with Gasteiger partial charge in [-0.25, -0.2) is 8.78 Å². The molecule has 3 rings (SSSR count). The molecule has 0 bridgehead atoms. The number of hydrogen-bond donors (Lipinski definition) is 2. The van der Waals surface area contributed by atoms with Crippen LogP contribution in [-0.2, 0) is 16.1 Å². The maximum absolute atomic E-state index is 13.2. The molecule has 0 radical (unpaired) electrons. The van der Waals surface area contributed by atoms with Gasteiger partial charge < -0.3 is 10.6 Å². The van der Waals surface area contributed by atoms with E-state index < -0.39 is 5.82 Å². The van der Waals surface area contributed by atoms with E-state index in [1.54, 1.807) is 24.3 Å². The van der Waals surface area contributed by atoms with Crippen LogP contribution in [0.5, 0.6) is 0 Å². The fourth-order valence-corrected chi connectivity index (χ4v) is 3.38. The summed E-state index contributed by atoms with van der Waals surface area (Å²) in [6.07, 6.45) is 0. The van der Waals surface area contributed by atoms with Crippen molar-refractivity contribution in [3.63, 3.8) is 0 Å². The lowest BCUT2D eigenvalue weighted by Gasteiger charge is -2.37. The van der Waals surface area contributed by atoms with Crippen LogP contribution in [-0.4, -0.2) is 60.4 Å². The molecule has 6 nitrogen and oxygen atoms in total. The van der Waals surface area contributed by atoms with Gasteiger partial charge in [0.15, 0.2) is 0 Å².